The number of sulfonamides is 1. The lowest BCUT2D eigenvalue weighted by Gasteiger charge is -2.10. The number of primary sulfonamides is 1. The van der Waals surface area contributed by atoms with Gasteiger partial charge in [-0.1, -0.05) is 0 Å². The van der Waals surface area contributed by atoms with E-state index < -0.39 is 10.0 Å². The number of nitrogens with two attached hydrogens (primary N) is 1. The zero-order chi connectivity index (χ0) is 9.47. The van der Waals surface area contributed by atoms with Crippen molar-refractivity contribution in [1.29, 1.82) is 0 Å². The Morgan fingerprint density at radius 2 is 2.31 bits per heavy atom. The molecule has 2 heterocycles. The molecule has 4 nitrogen and oxygen atoms in total. The van der Waals surface area contributed by atoms with E-state index in [-0.39, 0.29) is 4.21 Å². The predicted molar refractivity (Wildman–Crippen MR) is 51.1 cm³/mol. The molecule has 0 unspecified atom stereocenters. The minimum absolute atomic E-state index is 0.279. The summed E-state index contributed by atoms with van der Waals surface area (Å²) >= 11 is 1.27. The van der Waals surface area contributed by atoms with Crippen LogP contribution in [-0.4, -0.2) is 15.0 Å². The first-order valence-corrected chi connectivity index (χ1v) is 6.29. The van der Waals surface area contributed by atoms with Crippen molar-refractivity contribution in [2.45, 2.75) is 17.2 Å². The highest BCUT2D eigenvalue weighted by molar-refractivity contribution is 7.91. The van der Waals surface area contributed by atoms with Gasteiger partial charge in [-0.15, -0.1) is 11.3 Å². The number of nitrogens with one attached hydrogen (secondary N) is 1. The van der Waals surface area contributed by atoms with Crippen molar-refractivity contribution in [2.75, 3.05) is 6.54 Å². The third-order valence-electron chi connectivity index (χ3n) is 2.01. The highest BCUT2D eigenvalue weighted by Crippen LogP contribution is 2.27. The lowest BCUT2D eigenvalue weighted by Crippen LogP contribution is -2.21. The van der Waals surface area contributed by atoms with Gasteiger partial charge in [-0.25, -0.2) is 13.6 Å². The lowest BCUT2D eigenvalue weighted by atomic mass is 10.1. The van der Waals surface area contributed by atoms with Crippen molar-refractivity contribution in [2.24, 2.45) is 5.14 Å². The molecule has 1 aliphatic rings. The van der Waals surface area contributed by atoms with Crippen LogP contribution in [-0.2, 0) is 23.0 Å². The Balaban J connectivity index is 2.47. The Hall–Kier alpha value is -0.430. The zero-order valence-electron chi connectivity index (χ0n) is 6.91. The number of fused-ring (bicyclic) bond motifs is 1. The average Bonchev–Trinajstić information content (AvgIpc) is 2.45. The normalized spacial score (nSPS) is 17.0. The SMILES string of the molecule is NS(=O)(=O)c1cc2c(s1)CNCC2. The fraction of sp³-hybridized carbons (Fsp3) is 0.429. The first-order valence-electron chi connectivity index (χ1n) is 3.92. The first kappa shape index (κ1) is 9.14. The third kappa shape index (κ3) is 1.76. The van der Waals surface area contributed by atoms with Crippen LogP contribution in [0.5, 0.6) is 0 Å². The smallest absolute Gasteiger partial charge is 0.247 e. The molecule has 0 amide bonds. The summed E-state index contributed by atoms with van der Waals surface area (Å²) in [5.74, 6) is 0. The molecule has 1 aromatic rings. The molecule has 0 atom stereocenters. The largest absolute Gasteiger partial charge is 0.312 e. The van der Waals surface area contributed by atoms with Gasteiger partial charge < -0.3 is 5.32 Å². The maximum absolute atomic E-state index is 11.0. The van der Waals surface area contributed by atoms with Crippen molar-refractivity contribution < 1.29 is 8.42 Å². The first-order chi connectivity index (χ1) is 6.07. The Labute approximate surface area is 80.8 Å². The molecule has 3 N–H and O–H groups in total. The van der Waals surface area contributed by atoms with Gasteiger partial charge in [0, 0.05) is 11.4 Å². The summed E-state index contributed by atoms with van der Waals surface area (Å²) in [6.45, 7) is 1.67. The summed E-state index contributed by atoms with van der Waals surface area (Å²) < 4.78 is 22.3. The van der Waals surface area contributed by atoms with Crippen LogP contribution >= 0.6 is 11.3 Å². The topological polar surface area (TPSA) is 72.2 Å². The van der Waals surface area contributed by atoms with Crippen molar-refractivity contribution in [3.8, 4) is 0 Å². The minimum atomic E-state index is -3.51. The van der Waals surface area contributed by atoms with Gasteiger partial charge in [0.25, 0.3) is 0 Å². The fourth-order valence-corrected chi connectivity index (χ4v) is 3.35. The van der Waals surface area contributed by atoms with E-state index in [2.05, 4.69) is 5.32 Å². The zero-order valence-corrected chi connectivity index (χ0v) is 8.54. The maximum atomic E-state index is 11.0. The van der Waals surface area contributed by atoms with Gasteiger partial charge in [-0.05, 0) is 24.6 Å². The van der Waals surface area contributed by atoms with Gasteiger partial charge in [0.1, 0.15) is 4.21 Å². The lowest BCUT2D eigenvalue weighted by molar-refractivity contribution is 0.599. The molecular weight excluding hydrogens is 208 g/mol. The van der Waals surface area contributed by atoms with Crippen LogP contribution in [0.2, 0.25) is 0 Å². The number of thiophene rings is 1. The molecule has 0 radical (unpaired) electrons. The molecule has 72 valence electrons. The summed E-state index contributed by atoms with van der Waals surface area (Å²) in [7, 11) is -3.51. The number of rotatable bonds is 1. The molecule has 0 aliphatic carbocycles. The van der Waals surface area contributed by atoms with E-state index in [1.165, 1.54) is 11.3 Å². The van der Waals surface area contributed by atoms with Gasteiger partial charge in [-0.2, -0.15) is 0 Å². The summed E-state index contributed by atoms with van der Waals surface area (Å²) in [4.78, 5) is 1.09. The molecule has 13 heavy (non-hydrogen) atoms. The van der Waals surface area contributed by atoms with Crippen molar-refractivity contribution >= 4 is 21.4 Å². The third-order valence-corrected chi connectivity index (χ3v) is 4.61. The van der Waals surface area contributed by atoms with E-state index in [4.69, 9.17) is 5.14 Å². The molecule has 0 fully saturated rings. The highest BCUT2D eigenvalue weighted by Gasteiger charge is 2.18. The van der Waals surface area contributed by atoms with Gasteiger partial charge in [-0.3, -0.25) is 0 Å². The summed E-state index contributed by atoms with van der Waals surface area (Å²) in [5, 5.41) is 8.21. The van der Waals surface area contributed by atoms with Crippen LogP contribution in [0.25, 0.3) is 0 Å². The fourth-order valence-electron chi connectivity index (χ4n) is 1.37. The molecule has 2 rings (SSSR count). The minimum Gasteiger partial charge on any atom is -0.312 e. The van der Waals surface area contributed by atoms with Crippen LogP contribution in [0.15, 0.2) is 10.3 Å². The van der Waals surface area contributed by atoms with E-state index in [1.807, 2.05) is 0 Å². The Kier molecular flexibility index (Phi) is 2.15. The second-order valence-corrected chi connectivity index (χ2v) is 5.91. The van der Waals surface area contributed by atoms with E-state index in [0.717, 1.165) is 30.0 Å². The Morgan fingerprint density at radius 1 is 1.54 bits per heavy atom. The average molecular weight is 218 g/mol. The van der Waals surface area contributed by atoms with E-state index in [9.17, 15) is 8.42 Å². The van der Waals surface area contributed by atoms with E-state index >= 15 is 0 Å². The quantitative estimate of drug-likeness (QED) is 0.699. The standard InChI is InChI=1S/C7H10N2O2S2/c8-13(10,11)7-3-5-1-2-9-4-6(5)12-7/h3,9H,1-2,4H2,(H2,8,10,11). The second-order valence-electron chi connectivity index (χ2n) is 2.99. The Morgan fingerprint density at radius 3 is 2.92 bits per heavy atom. The van der Waals surface area contributed by atoms with Gasteiger partial charge in [0.15, 0.2) is 0 Å². The summed E-state index contributed by atoms with van der Waals surface area (Å²) in [6.07, 6.45) is 0.890. The molecular formula is C7H10N2O2S2. The van der Waals surface area contributed by atoms with E-state index in [0.29, 0.717) is 0 Å². The van der Waals surface area contributed by atoms with Crippen molar-refractivity contribution in [3.63, 3.8) is 0 Å². The van der Waals surface area contributed by atoms with Crippen LogP contribution < -0.4 is 10.5 Å². The number of hydrogen-bond donors (Lipinski definition) is 2. The molecule has 0 saturated heterocycles. The van der Waals surface area contributed by atoms with Crippen LogP contribution in [0.4, 0.5) is 0 Å². The predicted octanol–water partition coefficient (Wildman–Crippen LogP) is 0.0412. The Bertz CT molecular complexity index is 398. The molecule has 0 saturated carbocycles. The molecule has 1 aliphatic heterocycles. The number of hydrogen-bond acceptors (Lipinski definition) is 4. The monoisotopic (exact) mass is 218 g/mol. The second kappa shape index (κ2) is 3.06. The summed E-state index contributed by atoms with van der Waals surface area (Å²) in [5.41, 5.74) is 1.12. The van der Waals surface area contributed by atoms with Gasteiger partial charge in [0.2, 0.25) is 10.0 Å². The molecule has 6 heteroatoms. The van der Waals surface area contributed by atoms with Crippen LogP contribution in [0.1, 0.15) is 10.4 Å². The maximum Gasteiger partial charge on any atom is 0.247 e. The van der Waals surface area contributed by atoms with Crippen molar-refractivity contribution in [3.05, 3.63) is 16.5 Å². The molecule has 1 aromatic heterocycles. The summed E-state index contributed by atoms with van der Waals surface area (Å²) in [6, 6.07) is 1.69. The van der Waals surface area contributed by atoms with Gasteiger partial charge in [0.05, 0.1) is 0 Å². The molecule has 0 aromatic carbocycles. The van der Waals surface area contributed by atoms with E-state index in [1.54, 1.807) is 6.07 Å². The van der Waals surface area contributed by atoms with Crippen LogP contribution in [0.3, 0.4) is 0 Å². The van der Waals surface area contributed by atoms with Gasteiger partial charge >= 0.3 is 0 Å². The molecule has 0 bridgehead atoms. The van der Waals surface area contributed by atoms with Crippen LogP contribution in [0, 0.1) is 0 Å². The van der Waals surface area contributed by atoms with Crippen molar-refractivity contribution in [1.82, 2.24) is 5.32 Å². The molecule has 0 spiro atoms. The highest BCUT2D eigenvalue weighted by atomic mass is 32.2.